The molecule has 2 aliphatic rings. The molecule has 1 aromatic carbocycles. The Morgan fingerprint density at radius 3 is 2.43 bits per heavy atom. The van der Waals surface area contributed by atoms with Crippen molar-refractivity contribution < 1.29 is 14.3 Å². The van der Waals surface area contributed by atoms with Crippen LogP contribution >= 0.6 is 0 Å². The topological polar surface area (TPSA) is 67.4 Å². The fraction of sp³-hybridized carbons (Fsp3) is 0.556. The first-order valence-corrected chi connectivity index (χ1v) is 8.53. The highest BCUT2D eigenvalue weighted by molar-refractivity contribution is 5.96. The lowest BCUT2D eigenvalue weighted by Crippen LogP contribution is -2.31. The van der Waals surface area contributed by atoms with Gasteiger partial charge in [-0.1, -0.05) is 12.8 Å². The van der Waals surface area contributed by atoms with Crippen LogP contribution in [0.2, 0.25) is 0 Å². The molecule has 0 spiro atoms. The number of rotatable bonds is 5. The lowest BCUT2D eigenvalue weighted by Gasteiger charge is -2.12. The number of carbonyl (C=O) groups is 2. The molecule has 1 heterocycles. The molecule has 0 bridgehead atoms. The minimum absolute atomic E-state index is 0.0954. The second-order valence-electron chi connectivity index (χ2n) is 6.39. The van der Waals surface area contributed by atoms with Crippen LogP contribution in [0.1, 0.15) is 48.9 Å². The Morgan fingerprint density at radius 2 is 1.78 bits per heavy atom. The van der Waals surface area contributed by atoms with Crippen LogP contribution < -0.4 is 10.6 Å². The molecule has 5 heteroatoms. The van der Waals surface area contributed by atoms with E-state index in [1.54, 1.807) is 24.3 Å². The summed E-state index contributed by atoms with van der Waals surface area (Å²) in [6.45, 7) is 1.34. The predicted octanol–water partition coefficient (Wildman–Crippen LogP) is 2.72. The summed E-state index contributed by atoms with van der Waals surface area (Å²) in [7, 11) is 0. The molecule has 2 amide bonds. The highest BCUT2D eigenvalue weighted by Gasteiger charge is 2.22. The molecular weight excluding hydrogens is 292 g/mol. The number of ether oxygens (including phenoxy) is 1. The second-order valence-corrected chi connectivity index (χ2v) is 6.39. The van der Waals surface area contributed by atoms with Crippen LogP contribution in [0, 0.1) is 5.92 Å². The van der Waals surface area contributed by atoms with Crippen LogP contribution in [0.5, 0.6) is 0 Å². The van der Waals surface area contributed by atoms with Gasteiger partial charge in [0.25, 0.3) is 5.91 Å². The monoisotopic (exact) mass is 316 g/mol. The fourth-order valence-corrected chi connectivity index (χ4v) is 3.25. The van der Waals surface area contributed by atoms with Crippen LogP contribution in [0.25, 0.3) is 0 Å². The van der Waals surface area contributed by atoms with E-state index in [0.29, 0.717) is 12.1 Å². The van der Waals surface area contributed by atoms with Crippen LogP contribution in [-0.2, 0) is 9.53 Å². The third kappa shape index (κ3) is 4.32. The summed E-state index contributed by atoms with van der Waals surface area (Å²) in [5.74, 6) is 0.136. The zero-order valence-electron chi connectivity index (χ0n) is 13.3. The highest BCUT2D eigenvalue weighted by atomic mass is 16.5. The highest BCUT2D eigenvalue weighted by Crippen LogP contribution is 2.26. The van der Waals surface area contributed by atoms with Gasteiger partial charge in [-0.3, -0.25) is 9.59 Å². The average molecular weight is 316 g/mol. The fourth-order valence-electron chi connectivity index (χ4n) is 3.25. The lowest BCUT2D eigenvalue weighted by atomic mass is 10.1. The molecule has 1 aliphatic carbocycles. The summed E-state index contributed by atoms with van der Waals surface area (Å²) in [6, 6.07) is 7.06. The summed E-state index contributed by atoms with van der Waals surface area (Å²) in [4.78, 5) is 24.2. The summed E-state index contributed by atoms with van der Waals surface area (Å²) >= 11 is 0. The van der Waals surface area contributed by atoms with Crippen molar-refractivity contribution in [2.24, 2.45) is 5.92 Å². The lowest BCUT2D eigenvalue weighted by molar-refractivity contribution is -0.119. The summed E-state index contributed by atoms with van der Waals surface area (Å²) in [6.07, 6.45) is 6.46. The van der Waals surface area contributed by atoms with Crippen molar-refractivity contribution in [2.45, 2.75) is 44.6 Å². The molecule has 0 radical (unpaired) electrons. The Bertz CT molecular complexity index is 544. The van der Waals surface area contributed by atoms with E-state index in [4.69, 9.17) is 4.74 Å². The van der Waals surface area contributed by atoms with Gasteiger partial charge in [0.05, 0.1) is 6.10 Å². The quantitative estimate of drug-likeness (QED) is 0.877. The number of benzene rings is 1. The minimum Gasteiger partial charge on any atom is -0.376 e. The van der Waals surface area contributed by atoms with Crippen molar-refractivity contribution in [3.05, 3.63) is 29.8 Å². The average Bonchev–Trinajstić information content (AvgIpc) is 3.26. The number of carbonyl (C=O) groups excluding carboxylic acids is 2. The normalized spacial score (nSPS) is 21.3. The Hall–Kier alpha value is -1.88. The summed E-state index contributed by atoms with van der Waals surface area (Å²) in [5, 5.41) is 5.83. The maximum Gasteiger partial charge on any atom is 0.251 e. The molecule has 1 aromatic rings. The van der Waals surface area contributed by atoms with Crippen molar-refractivity contribution in [1.29, 1.82) is 0 Å². The molecule has 0 aromatic heterocycles. The minimum atomic E-state index is -0.103. The molecule has 2 fully saturated rings. The molecule has 1 saturated carbocycles. The molecule has 5 nitrogen and oxygen atoms in total. The van der Waals surface area contributed by atoms with E-state index < -0.39 is 0 Å². The summed E-state index contributed by atoms with van der Waals surface area (Å²) in [5.41, 5.74) is 1.35. The standard InChI is InChI=1S/C18H24N2O3/c21-17(19-12-16-6-3-11-23-16)14-7-9-15(10-8-14)20-18(22)13-4-1-2-5-13/h7-10,13,16H,1-6,11-12H2,(H,19,21)(H,20,22). The molecule has 1 unspecified atom stereocenters. The Kier molecular flexibility index (Phi) is 5.28. The first kappa shape index (κ1) is 16.0. The van der Waals surface area contributed by atoms with Gasteiger partial charge in [-0.2, -0.15) is 0 Å². The smallest absolute Gasteiger partial charge is 0.251 e. The van der Waals surface area contributed by atoms with Gasteiger partial charge in [-0.25, -0.2) is 0 Å². The van der Waals surface area contributed by atoms with Gasteiger partial charge in [-0.05, 0) is 49.9 Å². The van der Waals surface area contributed by atoms with E-state index >= 15 is 0 Å². The van der Waals surface area contributed by atoms with Gasteiger partial charge in [0, 0.05) is 30.3 Å². The molecule has 1 aliphatic heterocycles. The van der Waals surface area contributed by atoms with Gasteiger partial charge in [0.2, 0.25) is 5.91 Å². The number of hydrogen-bond donors (Lipinski definition) is 2. The van der Waals surface area contributed by atoms with E-state index in [1.807, 2.05) is 0 Å². The maximum atomic E-state index is 12.1. The molecule has 124 valence electrons. The van der Waals surface area contributed by atoms with Crippen LogP contribution in [-0.4, -0.2) is 31.1 Å². The van der Waals surface area contributed by atoms with Crippen molar-refractivity contribution in [3.8, 4) is 0 Å². The summed E-state index contributed by atoms with van der Waals surface area (Å²) < 4.78 is 5.49. The predicted molar refractivity (Wildman–Crippen MR) is 88.3 cm³/mol. The van der Waals surface area contributed by atoms with Gasteiger partial charge in [0.15, 0.2) is 0 Å². The van der Waals surface area contributed by atoms with Crippen molar-refractivity contribution in [2.75, 3.05) is 18.5 Å². The Balaban J connectivity index is 1.49. The van der Waals surface area contributed by atoms with Gasteiger partial charge in [0.1, 0.15) is 0 Å². The largest absolute Gasteiger partial charge is 0.376 e. The van der Waals surface area contributed by atoms with E-state index in [2.05, 4.69) is 10.6 Å². The number of anilines is 1. The molecule has 1 saturated heterocycles. The maximum absolute atomic E-state index is 12.1. The number of nitrogens with one attached hydrogen (secondary N) is 2. The van der Waals surface area contributed by atoms with Gasteiger partial charge >= 0.3 is 0 Å². The number of hydrogen-bond acceptors (Lipinski definition) is 3. The molecule has 23 heavy (non-hydrogen) atoms. The SMILES string of the molecule is O=C(NCC1CCCO1)c1ccc(NC(=O)C2CCCC2)cc1. The zero-order chi connectivity index (χ0) is 16.1. The second kappa shape index (κ2) is 7.59. The van der Waals surface area contributed by atoms with E-state index in [1.165, 1.54) is 0 Å². The zero-order valence-corrected chi connectivity index (χ0v) is 13.3. The third-order valence-corrected chi connectivity index (χ3v) is 4.65. The van der Waals surface area contributed by atoms with Gasteiger partial charge in [-0.15, -0.1) is 0 Å². The Labute approximate surface area is 136 Å². The van der Waals surface area contributed by atoms with Crippen molar-refractivity contribution >= 4 is 17.5 Å². The van der Waals surface area contributed by atoms with E-state index in [9.17, 15) is 9.59 Å². The number of amides is 2. The van der Waals surface area contributed by atoms with Crippen LogP contribution in [0.15, 0.2) is 24.3 Å². The molecule has 1 atom stereocenters. The Morgan fingerprint density at radius 1 is 1.04 bits per heavy atom. The first-order chi connectivity index (χ1) is 11.2. The molecular formula is C18H24N2O3. The van der Waals surface area contributed by atoms with E-state index in [0.717, 1.165) is 50.8 Å². The molecule has 3 rings (SSSR count). The van der Waals surface area contributed by atoms with E-state index in [-0.39, 0.29) is 23.8 Å². The third-order valence-electron chi connectivity index (χ3n) is 4.65. The van der Waals surface area contributed by atoms with Crippen LogP contribution in [0.3, 0.4) is 0 Å². The first-order valence-electron chi connectivity index (χ1n) is 8.53. The van der Waals surface area contributed by atoms with Crippen molar-refractivity contribution in [3.63, 3.8) is 0 Å². The van der Waals surface area contributed by atoms with Gasteiger partial charge < -0.3 is 15.4 Å². The van der Waals surface area contributed by atoms with Crippen molar-refractivity contribution in [1.82, 2.24) is 5.32 Å². The van der Waals surface area contributed by atoms with Crippen LogP contribution in [0.4, 0.5) is 5.69 Å². The molecule has 2 N–H and O–H groups in total.